The number of nitrogens with zero attached hydrogens (tertiary/aromatic N) is 1. The molecular formula is C14H15FN2OS. The number of amides is 1. The summed E-state index contributed by atoms with van der Waals surface area (Å²) < 4.78 is 14.3. The summed E-state index contributed by atoms with van der Waals surface area (Å²) in [5.41, 5.74) is 0.892. The van der Waals surface area contributed by atoms with E-state index in [1.165, 1.54) is 23.5 Å². The van der Waals surface area contributed by atoms with Gasteiger partial charge in [0.1, 0.15) is 5.82 Å². The minimum Gasteiger partial charge on any atom is -0.335 e. The van der Waals surface area contributed by atoms with Crippen molar-refractivity contribution in [3.8, 4) is 0 Å². The maximum Gasteiger partial charge on any atom is 0.264 e. The molecule has 1 amide bonds. The lowest BCUT2D eigenvalue weighted by Crippen LogP contribution is -2.46. The lowest BCUT2D eigenvalue weighted by Gasteiger charge is -2.27. The Kier molecular flexibility index (Phi) is 3.24. The number of carbonyl (C=O) groups is 1. The molecule has 5 heteroatoms. The molecule has 1 fully saturated rings. The molecule has 1 aliphatic rings. The van der Waals surface area contributed by atoms with Crippen molar-refractivity contribution in [1.29, 1.82) is 0 Å². The van der Waals surface area contributed by atoms with Gasteiger partial charge in [0.25, 0.3) is 5.91 Å². The van der Waals surface area contributed by atoms with Crippen LogP contribution in [0.25, 0.3) is 10.1 Å². The van der Waals surface area contributed by atoms with Crippen LogP contribution in [0.3, 0.4) is 0 Å². The number of hydrogen-bond donors (Lipinski definition) is 1. The van der Waals surface area contributed by atoms with Gasteiger partial charge in [-0.05, 0) is 36.1 Å². The molecule has 0 aliphatic carbocycles. The van der Waals surface area contributed by atoms with Crippen LogP contribution in [0, 0.1) is 12.7 Å². The summed E-state index contributed by atoms with van der Waals surface area (Å²) >= 11 is 1.46. The molecule has 2 aromatic rings. The summed E-state index contributed by atoms with van der Waals surface area (Å²) in [5.74, 6) is -0.185. The van der Waals surface area contributed by atoms with Crippen LogP contribution in [0.2, 0.25) is 0 Å². The monoisotopic (exact) mass is 278 g/mol. The summed E-state index contributed by atoms with van der Waals surface area (Å²) in [5, 5.41) is 4.08. The van der Waals surface area contributed by atoms with Gasteiger partial charge in [0.05, 0.1) is 4.88 Å². The quantitative estimate of drug-likeness (QED) is 0.868. The second kappa shape index (κ2) is 4.90. The topological polar surface area (TPSA) is 32.3 Å². The molecule has 0 saturated carbocycles. The Hall–Kier alpha value is -1.46. The van der Waals surface area contributed by atoms with Gasteiger partial charge in [0.15, 0.2) is 0 Å². The summed E-state index contributed by atoms with van der Waals surface area (Å²) in [4.78, 5) is 15.1. The van der Waals surface area contributed by atoms with Crippen LogP contribution in [0.5, 0.6) is 0 Å². The molecule has 0 radical (unpaired) electrons. The molecule has 19 heavy (non-hydrogen) atoms. The first-order valence-corrected chi connectivity index (χ1v) is 7.17. The smallest absolute Gasteiger partial charge is 0.264 e. The van der Waals surface area contributed by atoms with Crippen LogP contribution < -0.4 is 5.32 Å². The van der Waals surface area contributed by atoms with Crippen molar-refractivity contribution in [3.05, 3.63) is 34.5 Å². The van der Waals surface area contributed by atoms with E-state index in [0.29, 0.717) is 0 Å². The standard InChI is InChI=1S/C14H15FN2OS/c1-9-11-8-10(15)2-3-12(11)19-13(9)14(18)17-6-4-16-5-7-17/h2-3,8,16H,4-7H2,1H3. The van der Waals surface area contributed by atoms with E-state index in [-0.39, 0.29) is 11.7 Å². The Bertz CT molecular complexity index is 632. The molecule has 2 heterocycles. The molecule has 100 valence electrons. The number of nitrogens with one attached hydrogen (secondary N) is 1. The summed E-state index contributed by atoms with van der Waals surface area (Å²) in [7, 11) is 0. The van der Waals surface area contributed by atoms with Crippen LogP contribution in [-0.4, -0.2) is 37.0 Å². The third kappa shape index (κ3) is 2.24. The van der Waals surface area contributed by atoms with E-state index in [1.807, 2.05) is 11.8 Å². The van der Waals surface area contributed by atoms with Gasteiger partial charge in [-0.2, -0.15) is 0 Å². The van der Waals surface area contributed by atoms with Crippen LogP contribution in [0.4, 0.5) is 4.39 Å². The number of halogens is 1. The summed E-state index contributed by atoms with van der Waals surface area (Å²) in [6.07, 6.45) is 0. The molecular weight excluding hydrogens is 263 g/mol. The lowest BCUT2D eigenvalue weighted by atomic mass is 10.1. The molecule has 1 aromatic heterocycles. The first-order valence-electron chi connectivity index (χ1n) is 6.35. The van der Waals surface area contributed by atoms with Crippen molar-refractivity contribution in [2.24, 2.45) is 0 Å². The number of hydrogen-bond acceptors (Lipinski definition) is 3. The summed E-state index contributed by atoms with van der Waals surface area (Å²) in [6, 6.07) is 4.70. The molecule has 1 saturated heterocycles. The molecule has 3 rings (SSSR count). The molecule has 0 atom stereocenters. The largest absolute Gasteiger partial charge is 0.335 e. The van der Waals surface area contributed by atoms with Crippen LogP contribution in [-0.2, 0) is 0 Å². The molecule has 1 N–H and O–H groups in total. The zero-order valence-electron chi connectivity index (χ0n) is 10.7. The highest BCUT2D eigenvalue weighted by atomic mass is 32.1. The van der Waals surface area contributed by atoms with Gasteiger partial charge < -0.3 is 10.2 Å². The maximum atomic E-state index is 13.3. The van der Waals surface area contributed by atoms with Crippen LogP contribution >= 0.6 is 11.3 Å². The molecule has 0 spiro atoms. The van der Waals surface area contributed by atoms with Crippen molar-refractivity contribution in [3.63, 3.8) is 0 Å². The zero-order valence-corrected chi connectivity index (χ0v) is 11.5. The van der Waals surface area contributed by atoms with Gasteiger partial charge in [-0.15, -0.1) is 11.3 Å². The number of aryl methyl sites for hydroxylation is 1. The minimum atomic E-state index is -0.255. The normalized spacial score (nSPS) is 16.0. The van der Waals surface area contributed by atoms with Crippen molar-refractivity contribution in [2.45, 2.75) is 6.92 Å². The highest BCUT2D eigenvalue weighted by molar-refractivity contribution is 7.21. The van der Waals surface area contributed by atoms with Crippen molar-refractivity contribution in [1.82, 2.24) is 10.2 Å². The molecule has 0 unspecified atom stereocenters. The second-order valence-corrected chi connectivity index (χ2v) is 5.79. The first-order chi connectivity index (χ1) is 9.16. The van der Waals surface area contributed by atoms with Gasteiger partial charge in [0, 0.05) is 30.9 Å². The maximum absolute atomic E-state index is 13.3. The molecule has 1 aliphatic heterocycles. The summed E-state index contributed by atoms with van der Waals surface area (Å²) in [6.45, 7) is 5.05. The van der Waals surface area contributed by atoms with Crippen LogP contribution in [0.1, 0.15) is 15.2 Å². The Morgan fingerprint density at radius 3 is 2.84 bits per heavy atom. The van der Waals surface area contributed by atoms with Crippen molar-refractivity contribution in [2.75, 3.05) is 26.2 Å². The zero-order chi connectivity index (χ0) is 13.4. The number of fused-ring (bicyclic) bond motifs is 1. The van der Waals surface area contributed by atoms with E-state index >= 15 is 0 Å². The number of benzene rings is 1. The van der Waals surface area contributed by atoms with E-state index in [2.05, 4.69) is 5.32 Å². The Labute approximate surface area is 115 Å². The molecule has 3 nitrogen and oxygen atoms in total. The number of carbonyl (C=O) groups excluding carboxylic acids is 1. The third-order valence-corrected chi connectivity index (χ3v) is 4.76. The van der Waals surface area contributed by atoms with Crippen molar-refractivity contribution >= 4 is 27.3 Å². The fourth-order valence-corrected chi connectivity index (χ4v) is 3.57. The Morgan fingerprint density at radius 1 is 1.37 bits per heavy atom. The third-order valence-electron chi connectivity index (χ3n) is 3.50. The van der Waals surface area contributed by atoms with Gasteiger partial charge in [-0.3, -0.25) is 4.79 Å². The Morgan fingerprint density at radius 2 is 2.11 bits per heavy atom. The average Bonchev–Trinajstić information content (AvgIpc) is 2.76. The van der Waals surface area contributed by atoms with Gasteiger partial charge in [-0.25, -0.2) is 4.39 Å². The van der Waals surface area contributed by atoms with Gasteiger partial charge in [0.2, 0.25) is 0 Å². The molecule has 0 bridgehead atoms. The highest BCUT2D eigenvalue weighted by Gasteiger charge is 2.22. The van der Waals surface area contributed by atoms with E-state index in [1.54, 1.807) is 6.07 Å². The number of piperazine rings is 1. The second-order valence-electron chi connectivity index (χ2n) is 4.74. The fraction of sp³-hybridized carbons (Fsp3) is 0.357. The van der Waals surface area contributed by atoms with Gasteiger partial charge in [-0.1, -0.05) is 0 Å². The van der Waals surface area contributed by atoms with E-state index in [4.69, 9.17) is 0 Å². The average molecular weight is 278 g/mol. The number of rotatable bonds is 1. The highest BCUT2D eigenvalue weighted by Crippen LogP contribution is 2.32. The van der Waals surface area contributed by atoms with Gasteiger partial charge >= 0.3 is 0 Å². The predicted molar refractivity (Wildman–Crippen MR) is 75.3 cm³/mol. The lowest BCUT2D eigenvalue weighted by molar-refractivity contribution is 0.0740. The molecule has 1 aromatic carbocycles. The fourth-order valence-electron chi connectivity index (χ4n) is 2.41. The minimum absolute atomic E-state index is 0.0700. The number of thiophene rings is 1. The van der Waals surface area contributed by atoms with E-state index in [9.17, 15) is 9.18 Å². The van der Waals surface area contributed by atoms with Crippen molar-refractivity contribution < 1.29 is 9.18 Å². The van der Waals surface area contributed by atoms with E-state index < -0.39 is 0 Å². The Balaban J connectivity index is 2.00. The predicted octanol–water partition coefficient (Wildman–Crippen LogP) is 2.39. The van der Waals surface area contributed by atoms with E-state index in [0.717, 1.165) is 46.7 Å². The SMILES string of the molecule is Cc1c(C(=O)N2CCNCC2)sc2ccc(F)cc12. The first kappa shape index (κ1) is 12.6. The van der Waals surface area contributed by atoms with Crippen LogP contribution in [0.15, 0.2) is 18.2 Å².